The lowest BCUT2D eigenvalue weighted by atomic mass is 10.1. The lowest BCUT2D eigenvalue weighted by Gasteiger charge is -2.29. The minimum absolute atomic E-state index is 0.528. The number of likely N-dealkylation sites (N-methyl/N-ethyl adjacent to an activating group) is 1. The molecule has 1 atom stereocenters. The van der Waals surface area contributed by atoms with E-state index >= 15 is 0 Å². The minimum Gasteiger partial charge on any atom is -0.480 e. The maximum atomic E-state index is 10.6. The molecule has 0 fully saturated rings. The average molecular weight is 163 g/mol. The first-order valence-electron chi connectivity index (χ1n) is 3.07. The van der Waals surface area contributed by atoms with Crippen LogP contribution in [0.1, 0.15) is 13.8 Å². The molecule has 0 saturated carbocycles. The van der Waals surface area contributed by atoms with E-state index in [9.17, 15) is 4.79 Å². The lowest BCUT2D eigenvalue weighted by molar-refractivity contribution is -0.145. The Morgan fingerprint density at radius 2 is 2.00 bits per heavy atom. The van der Waals surface area contributed by atoms with Crippen LogP contribution in [0.15, 0.2) is 0 Å². The molecule has 0 spiro atoms. The van der Waals surface area contributed by atoms with Crippen molar-refractivity contribution in [3.63, 3.8) is 0 Å². The highest BCUT2D eigenvalue weighted by atomic mass is 31.1. The number of aliphatic carboxylic acids is 1. The number of carboxylic acids is 1. The molecule has 60 valence electrons. The molecule has 3 nitrogen and oxygen atoms in total. The van der Waals surface area contributed by atoms with Crippen molar-refractivity contribution in [2.75, 3.05) is 13.7 Å². The van der Waals surface area contributed by atoms with Gasteiger partial charge in [-0.2, -0.15) is 0 Å². The van der Waals surface area contributed by atoms with Crippen molar-refractivity contribution in [3.8, 4) is 0 Å². The van der Waals surface area contributed by atoms with E-state index in [0.29, 0.717) is 8.73 Å². The van der Waals surface area contributed by atoms with E-state index in [-0.39, 0.29) is 0 Å². The summed E-state index contributed by atoms with van der Waals surface area (Å²) < 4.78 is 1.81. The van der Waals surface area contributed by atoms with E-state index in [1.807, 2.05) is 18.4 Å². The summed E-state index contributed by atoms with van der Waals surface area (Å²) in [5.74, 6) is -0.774. The van der Waals surface area contributed by atoms with E-state index in [1.54, 1.807) is 13.8 Å². The van der Waals surface area contributed by atoms with Crippen LogP contribution in [0.4, 0.5) is 0 Å². The van der Waals surface area contributed by atoms with Crippen molar-refractivity contribution in [3.05, 3.63) is 0 Å². The topological polar surface area (TPSA) is 40.5 Å². The Labute approximate surface area is 63.3 Å². The van der Waals surface area contributed by atoms with Gasteiger partial charge >= 0.3 is 5.97 Å². The normalized spacial score (nSPS) is 13.3. The van der Waals surface area contributed by atoms with Crippen LogP contribution < -0.4 is 0 Å². The molecule has 0 bridgehead atoms. The van der Waals surface area contributed by atoms with Crippen LogP contribution in [0.3, 0.4) is 0 Å². The highest BCUT2D eigenvalue weighted by Gasteiger charge is 2.30. The largest absolute Gasteiger partial charge is 0.480 e. The predicted octanol–water partition coefficient (Wildman–Crippen LogP) is 1.00. The molecular weight excluding hydrogens is 149 g/mol. The summed E-state index contributed by atoms with van der Waals surface area (Å²) >= 11 is 0. The van der Waals surface area contributed by atoms with Crippen LogP contribution in [0.5, 0.6) is 0 Å². The molecule has 0 amide bonds. The summed E-state index contributed by atoms with van der Waals surface area (Å²) in [5.41, 5.74) is -0.729. The Morgan fingerprint density at radius 1 is 1.60 bits per heavy atom. The van der Waals surface area contributed by atoms with E-state index < -0.39 is 11.5 Å². The fourth-order valence-corrected chi connectivity index (χ4v) is 1.08. The van der Waals surface area contributed by atoms with Crippen molar-refractivity contribution in [1.29, 1.82) is 0 Å². The third kappa shape index (κ3) is 1.93. The van der Waals surface area contributed by atoms with Crippen molar-refractivity contribution in [2.24, 2.45) is 0 Å². The van der Waals surface area contributed by atoms with E-state index in [1.165, 1.54) is 0 Å². The molecule has 0 aromatic heterocycles. The quantitative estimate of drug-likeness (QED) is 0.631. The zero-order chi connectivity index (χ0) is 8.36. The highest BCUT2D eigenvalue weighted by Crippen LogP contribution is 2.23. The van der Waals surface area contributed by atoms with Gasteiger partial charge in [-0.05, 0) is 27.6 Å². The van der Waals surface area contributed by atoms with E-state index in [0.717, 1.165) is 0 Å². The van der Waals surface area contributed by atoms with Gasteiger partial charge in [0.2, 0.25) is 0 Å². The molecule has 0 aromatic rings. The van der Waals surface area contributed by atoms with Crippen LogP contribution in [0.2, 0.25) is 0 Å². The third-order valence-corrected chi connectivity index (χ3v) is 2.93. The zero-order valence-electron chi connectivity index (χ0n) is 6.80. The fraction of sp³-hybridized carbons (Fsp3) is 0.833. The number of hydrogen-bond donors (Lipinski definition) is 1. The summed E-state index contributed by atoms with van der Waals surface area (Å²) in [6.07, 6.45) is 0. The van der Waals surface area contributed by atoms with Gasteiger partial charge < -0.3 is 5.11 Å². The number of carboxylic acid groups (broad SMARTS) is 1. The van der Waals surface area contributed by atoms with Crippen LogP contribution in [-0.2, 0) is 4.79 Å². The van der Waals surface area contributed by atoms with Gasteiger partial charge in [-0.1, -0.05) is 8.73 Å². The maximum Gasteiger partial charge on any atom is 0.323 e. The molecule has 0 aliphatic rings. The SMILES string of the molecule is CPN(C)C(C)(C)C(=O)O. The minimum atomic E-state index is -0.774. The molecule has 0 heterocycles. The van der Waals surface area contributed by atoms with Crippen LogP contribution in [0, 0.1) is 0 Å². The summed E-state index contributed by atoms with van der Waals surface area (Å²) in [6, 6.07) is 0. The molecule has 4 heteroatoms. The Morgan fingerprint density at radius 3 is 2.10 bits per heavy atom. The summed E-state index contributed by atoms with van der Waals surface area (Å²) in [5, 5.41) is 8.71. The number of hydrogen-bond acceptors (Lipinski definition) is 2. The van der Waals surface area contributed by atoms with Crippen LogP contribution >= 0.6 is 8.73 Å². The van der Waals surface area contributed by atoms with Crippen LogP contribution in [0.25, 0.3) is 0 Å². The molecule has 1 N–H and O–H groups in total. The second-order valence-electron chi connectivity index (χ2n) is 2.65. The zero-order valence-corrected chi connectivity index (χ0v) is 7.80. The Hall–Kier alpha value is -0.140. The first-order chi connectivity index (χ1) is 4.42. The van der Waals surface area contributed by atoms with Gasteiger partial charge in [-0.25, -0.2) is 0 Å². The van der Waals surface area contributed by atoms with Gasteiger partial charge in [0.05, 0.1) is 0 Å². The Balaban J connectivity index is 4.23. The Bertz CT molecular complexity index is 136. The molecule has 0 aliphatic heterocycles. The number of rotatable bonds is 3. The molecule has 10 heavy (non-hydrogen) atoms. The molecule has 0 radical (unpaired) electrons. The standard InChI is InChI=1S/C6H14NO2P/c1-6(2,5(8)9)7(3)10-4/h10H,1-4H3,(H,8,9). The van der Waals surface area contributed by atoms with Gasteiger partial charge in [0.15, 0.2) is 0 Å². The van der Waals surface area contributed by atoms with E-state index in [2.05, 4.69) is 0 Å². The monoisotopic (exact) mass is 163 g/mol. The fourth-order valence-electron chi connectivity index (χ4n) is 0.423. The molecule has 1 unspecified atom stereocenters. The van der Waals surface area contributed by atoms with Gasteiger partial charge in [-0.15, -0.1) is 0 Å². The highest BCUT2D eigenvalue weighted by molar-refractivity contribution is 7.34. The van der Waals surface area contributed by atoms with Crippen molar-refractivity contribution in [2.45, 2.75) is 19.4 Å². The summed E-state index contributed by atoms with van der Waals surface area (Å²) in [6.45, 7) is 5.36. The first-order valence-corrected chi connectivity index (χ1v) is 4.52. The lowest BCUT2D eigenvalue weighted by Crippen LogP contribution is -2.43. The average Bonchev–Trinajstić information content (AvgIpc) is 1.86. The van der Waals surface area contributed by atoms with Crippen molar-refractivity contribution < 1.29 is 9.90 Å². The smallest absolute Gasteiger partial charge is 0.323 e. The second-order valence-corrected chi connectivity index (χ2v) is 3.76. The summed E-state index contributed by atoms with van der Waals surface area (Å²) in [7, 11) is 2.34. The van der Waals surface area contributed by atoms with Gasteiger partial charge in [0.1, 0.15) is 5.54 Å². The van der Waals surface area contributed by atoms with Crippen LogP contribution in [-0.4, -0.2) is 35.0 Å². The number of carbonyl (C=O) groups is 1. The van der Waals surface area contributed by atoms with Crippen molar-refractivity contribution >= 4 is 14.7 Å². The van der Waals surface area contributed by atoms with Gasteiger partial charge in [0.25, 0.3) is 0 Å². The van der Waals surface area contributed by atoms with E-state index in [4.69, 9.17) is 5.11 Å². The Kier molecular flexibility index (Phi) is 3.26. The second kappa shape index (κ2) is 3.31. The third-order valence-electron chi connectivity index (χ3n) is 1.70. The summed E-state index contributed by atoms with van der Waals surface area (Å²) in [4.78, 5) is 10.6. The molecule has 0 saturated heterocycles. The molecule has 0 aliphatic carbocycles. The molecule has 0 rings (SSSR count). The number of nitrogens with zero attached hydrogens (tertiary/aromatic N) is 1. The van der Waals surface area contributed by atoms with Gasteiger partial charge in [-0.3, -0.25) is 9.46 Å². The molecule has 0 aromatic carbocycles. The first kappa shape index (κ1) is 9.86. The van der Waals surface area contributed by atoms with Crippen molar-refractivity contribution in [1.82, 2.24) is 4.67 Å². The predicted molar refractivity (Wildman–Crippen MR) is 43.7 cm³/mol. The van der Waals surface area contributed by atoms with Gasteiger partial charge in [0, 0.05) is 0 Å². The molecular formula is C6H14NO2P. The maximum absolute atomic E-state index is 10.6.